The van der Waals surface area contributed by atoms with Crippen LogP contribution in [0.4, 0.5) is 13.2 Å². The van der Waals surface area contributed by atoms with Crippen molar-refractivity contribution in [3.63, 3.8) is 0 Å². The van der Waals surface area contributed by atoms with E-state index in [4.69, 9.17) is 31.9 Å². The van der Waals surface area contributed by atoms with E-state index in [0.29, 0.717) is 45.0 Å². The third-order valence-electron chi connectivity index (χ3n) is 6.38. The molecule has 2 atom stereocenters. The summed E-state index contributed by atoms with van der Waals surface area (Å²) >= 11 is 7.33. The van der Waals surface area contributed by atoms with Gasteiger partial charge in [0.05, 0.1) is 5.52 Å². The highest BCUT2D eigenvalue weighted by Crippen LogP contribution is 2.43. The molecule has 3 N–H and O–H groups in total. The minimum Gasteiger partial charge on any atom is -0.480 e. The van der Waals surface area contributed by atoms with Crippen LogP contribution in [0.1, 0.15) is 36.1 Å². The molecule has 0 unspecified atom stereocenters. The molecule has 4 rings (SSSR count). The number of aliphatic carboxylic acids is 1. The van der Waals surface area contributed by atoms with Crippen LogP contribution in [-0.2, 0) is 16.0 Å². The summed E-state index contributed by atoms with van der Waals surface area (Å²) in [6.07, 6.45) is -3.45. The van der Waals surface area contributed by atoms with Crippen molar-refractivity contribution in [2.45, 2.75) is 38.1 Å². The Morgan fingerprint density at radius 2 is 1.93 bits per heavy atom. The number of aromatic nitrogens is 2. The molecular weight excluding hydrogens is 579 g/mol. The summed E-state index contributed by atoms with van der Waals surface area (Å²) in [5.74, 6) is -1.29. The number of allylic oxidation sites excluding steroid dienone is 1. The molecule has 2 heterocycles. The minimum absolute atomic E-state index is 0.0910. The number of halogens is 4. The van der Waals surface area contributed by atoms with E-state index in [1.165, 1.54) is 35.9 Å². The van der Waals surface area contributed by atoms with Crippen LogP contribution in [-0.4, -0.2) is 47.0 Å². The summed E-state index contributed by atoms with van der Waals surface area (Å²) in [4.78, 5) is 19.4. The van der Waals surface area contributed by atoms with E-state index >= 15 is 0 Å². The second kappa shape index (κ2) is 13.0. The van der Waals surface area contributed by atoms with Gasteiger partial charge in [0.25, 0.3) is 0 Å². The lowest BCUT2D eigenvalue weighted by Gasteiger charge is -2.24. The molecule has 0 radical (unpaired) electrons. The van der Waals surface area contributed by atoms with Crippen molar-refractivity contribution in [1.82, 2.24) is 9.97 Å². The maximum atomic E-state index is 14.5. The highest BCUT2D eigenvalue weighted by atomic mass is 35.5. The fourth-order valence-electron chi connectivity index (χ4n) is 4.30. The first-order chi connectivity index (χ1) is 19.5. The fraction of sp³-hybridized carbons (Fsp3) is 0.276. The number of ether oxygens (including phenoxy) is 2. The first-order valence-corrected chi connectivity index (χ1v) is 13.7. The van der Waals surface area contributed by atoms with Crippen molar-refractivity contribution in [3.05, 3.63) is 82.0 Å². The number of alkyl halides is 3. The predicted molar refractivity (Wildman–Crippen MR) is 153 cm³/mol. The van der Waals surface area contributed by atoms with E-state index in [1.54, 1.807) is 49.8 Å². The number of fused-ring (bicyclic) bond motifs is 1. The third-order valence-corrected chi connectivity index (χ3v) is 7.57. The Kier molecular flexibility index (Phi) is 9.64. The van der Waals surface area contributed by atoms with Crippen LogP contribution in [0.5, 0.6) is 5.88 Å². The zero-order chi connectivity index (χ0) is 29.7. The number of thiophene rings is 1. The molecule has 0 saturated heterocycles. The minimum atomic E-state index is -4.76. The number of carbonyl (C=O) groups is 1. The zero-order valence-electron chi connectivity index (χ0n) is 22.1. The van der Waals surface area contributed by atoms with Crippen molar-refractivity contribution in [2.75, 3.05) is 13.7 Å². The summed E-state index contributed by atoms with van der Waals surface area (Å²) in [6.45, 7) is 2.14. The SMILES string of the molecule is COCC/C=C(\C)c1cc(Cl)ccc1[C@@H](Oc1ncnc2c(-c3ccc(C[C@H](N)C(=O)O)cc3)csc12)C(F)(F)F. The quantitative estimate of drug-likeness (QED) is 0.176. The number of nitrogens with two attached hydrogens (primary N) is 1. The lowest BCUT2D eigenvalue weighted by molar-refractivity contribution is -0.198. The second-order valence-electron chi connectivity index (χ2n) is 9.29. The Balaban J connectivity index is 1.70. The van der Waals surface area contributed by atoms with E-state index in [-0.39, 0.29) is 17.9 Å². The average Bonchev–Trinajstić information content (AvgIpc) is 3.37. The molecular formula is C29H27ClF3N3O4S. The van der Waals surface area contributed by atoms with E-state index in [1.807, 2.05) is 0 Å². The molecule has 0 bridgehead atoms. The molecule has 12 heteroatoms. The van der Waals surface area contributed by atoms with Gasteiger partial charge in [-0.25, -0.2) is 9.97 Å². The number of rotatable bonds is 11. The van der Waals surface area contributed by atoms with Gasteiger partial charge in [0.2, 0.25) is 12.0 Å². The Bertz CT molecular complexity index is 1560. The predicted octanol–water partition coefficient (Wildman–Crippen LogP) is 7.09. The summed E-state index contributed by atoms with van der Waals surface area (Å²) in [5.41, 5.74) is 9.05. The normalized spacial score (nSPS) is 13.8. The average molecular weight is 606 g/mol. The van der Waals surface area contributed by atoms with Crippen LogP contribution in [0.15, 0.2) is 60.2 Å². The fourth-order valence-corrected chi connectivity index (χ4v) is 5.43. The second-order valence-corrected chi connectivity index (χ2v) is 10.6. The van der Waals surface area contributed by atoms with Gasteiger partial charge in [0.1, 0.15) is 17.1 Å². The van der Waals surface area contributed by atoms with Crippen LogP contribution in [0, 0.1) is 0 Å². The molecule has 41 heavy (non-hydrogen) atoms. The molecule has 0 aliphatic heterocycles. The maximum Gasteiger partial charge on any atom is 0.429 e. The molecule has 4 aromatic rings. The van der Waals surface area contributed by atoms with Crippen LogP contribution >= 0.6 is 22.9 Å². The van der Waals surface area contributed by atoms with Gasteiger partial charge >= 0.3 is 12.1 Å². The van der Waals surface area contributed by atoms with Crippen LogP contribution < -0.4 is 10.5 Å². The number of hydrogen-bond donors (Lipinski definition) is 2. The molecule has 0 aliphatic carbocycles. The van der Waals surface area contributed by atoms with Crippen LogP contribution in [0.3, 0.4) is 0 Å². The van der Waals surface area contributed by atoms with Gasteiger partial charge in [-0.3, -0.25) is 4.79 Å². The summed E-state index contributed by atoms with van der Waals surface area (Å²) in [6, 6.07) is 10.3. The van der Waals surface area contributed by atoms with Crippen molar-refractivity contribution in [3.8, 4) is 17.0 Å². The van der Waals surface area contributed by atoms with E-state index in [0.717, 1.165) is 11.1 Å². The largest absolute Gasteiger partial charge is 0.480 e. The van der Waals surface area contributed by atoms with E-state index in [9.17, 15) is 18.0 Å². The Morgan fingerprint density at radius 1 is 1.20 bits per heavy atom. The van der Waals surface area contributed by atoms with Crippen LogP contribution in [0.2, 0.25) is 5.02 Å². The highest BCUT2D eigenvalue weighted by Gasteiger charge is 2.45. The third kappa shape index (κ3) is 7.23. The van der Waals surface area contributed by atoms with Gasteiger partial charge < -0.3 is 20.3 Å². The Hall–Kier alpha value is -3.51. The van der Waals surface area contributed by atoms with Crippen molar-refractivity contribution in [1.29, 1.82) is 0 Å². The number of carboxylic acids is 1. The van der Waals surface area contributed by atoms with Gasteiger partial charge in [-0.2, -0.15) is 13.2 Å². The summed E-state index contributed by atoms with van der Waals surface area (Å²) < 4.78 is 54.6. The van der Waals surface area contributed by atoms with E-state index < -0.39 is 24.3 Å². The number of hydrogen-bond acceptors (Lipinski definition) is 7. The number of benzene rings is 2. The molecule has 0 fully saturated rings. The standard InChI is InChI=1S/C29H27ClF3N3O4S/c1-16(4-3-11-39-2)21-13-19(30)9-10-20(21)26(29(31,32)33)40-27-25-24(35-15-36-27)22(14-41-25)18-7-5-17(6-8-18)12-23(34)28(37)38/h4-10,13-15,23,26H,3,11-12,34H2,1-2H3,(H,37,38)/b16-4+/t23-,26+/m0/s1. The number of carboxylic acid groups (broad SMARTS) is 1. The molecule has 216 valence electrons. The summed E-state index contributed by atoms with van der Waals surface area (Å²) in [5, 5.41) is 11.1. The Labute approximate surface area is 243 Å². The first kappa shape index (κ1) is 30.4. The lowest BCUT2D eigenvalue weighted by Crippen LogP contribution is -2.32. The Morgan fingerprint density at radius 3 is 2.59 bits per heavy atom. The van der Waals surface area contributed by atoms with Crippen molar-refractivity contribution < 1.29 is 32.5 Å². The highest BCUT2D eigenvalue weighted by molar-refractivity contribution is 7.18. The molecule has 0 saturated carbocycles. The lowest BCUT2D eigenvalue weighted by atomic mass is 9.96. The van der Waals surface area contributed by atoms with Crippen molar-refractivity contribution >= 4 is 44.7 Å². The van der Waals surface area contributed by atoms with Gasteiger partial charge in [0, 0.05) is 35.2 Å². The molecule has 2 aromatic heterocycles. The van der Waals surface area contributed by atoms with Crippen molar-refractivity contribution in [2.24, 2.45) is 5.73 Å². The molecule has 2 aromatic carbocycles. The first-order valence-electron chi connectivity index (χ1n) is 12.5. The summed E-state index contributed by atoms with van der Waals surface area (Å²) in [7, 11) is 1.55. The van der Waals surface area contributed by atoms with Gasteiger partial charge in [-0.1, -0.05) is 48.0 Å². The molecule has 7 nitrogen and oxygen atoms in total. The molecule has 0 spiro atoms. The van der Waals surface area contributed by atoms with Gasteiger partial charge in [-0.05, 0) is 54.2 Å². The number of nitrogens with zero attached hydrogens (tertiary/aromatic N) is 2. The maximum absolute atomic E-state index is 14.5. The van der Waals surface area contributed by atoms with Gasteiger partial charge in [0.15, 0.2) is 0 Å². The van der Waals surface area contributed by atoms with E-state index in [2.05, 4.69) is 9.97 Å². The monoisotopic (exact) mass is 605 g/mol. The topological polar surface area (TPSA) is 108 Å². The van der Waals surface area contributed by atoms with Gasteiger partial charge in [-0.15, -0.1) is 11.3 Å². The van der Waals surface area contributed by atoms with Crippen LogP contribution in [0.25, 0.3) is 26.9 Å². The smallest absolute Gasteiger partial charge is 0.429 e. The molecule has 0 aliphatic rings. The molecule has 0 amide bonds. The zero-order valence-corrected chi connectivity index (χ0v) is 23.7. The number of methoxy groups -OCH3 is 1.